The van der Waals surface area contributed by atoms with Gasteiger partial charge in [-0.1, -0.05) is 19.1 Å². The molecule has 1 aromatic rings. The van der Waals surface area contributed by atoms with Gasteiger partial charge in [0.2, 0.25) is 0 Å². The molecule has 3 N–H and O–H groups in total. The second-order valence-electron chi connectivity index (χ2n) is 6.04. The SMILES string of the molecule is CCOc1ccc(CN=C(N)NCC2CCCN2CC)cc1C. The second-order valence-corrected chi connectivity index (χ2v) is 6.04. The lowest BCUT2D eigenvalue weighted by atomic mass is 10.1. The topological polar surface area (TPSA) is 62.9 Å². The summed E-state index contributed by atoms with van der Waals surface area (Å²) in [6.45, 7) is 10.7. The monoisotopic (exact) mass is 318 g/mol. The Morgan fingerprint density at radius 1 is 1.43 bits per heavy atom. The number of guanidine groups is 1. The third-order valence-corrected chi connectivity index (χ3v) is 4.40. The van der Waals surface area contributed by atoms with Gasteiger partial charge in [0.1, 0.15) is 5.75 Å². The van der Waals surface area contributed by atoms with Crippen LogP contribution in [0.25, 0.3) is 0 Å². The summed E-state index contributed by atoms with van der Waals surface area (Å²) in [5, 5.41) is 3.27. The average Bonchev–Trinajstić information content (AvgIpc) is 3.01. The highest BCUT2D eigenvalue weighted by molar-refractivity contribution is 5.77. The van der Waals surface area contributed by atoms with Crippen molar-refractivity contribution in [2.45, 2.75) is 46.2 Å². The quantitative estimate of drug-likeness (QED) is 0.598. The molecule has 5 heteroatoms. The van der Waals surface area contributed by atoms with Gasteiger partial charge in [0.15, 0.2) is 5.96 Å². The van der Waals surface area contributed by atoms with Gasteiger partial charge in [0.05, 0.1) is 13.2 Å². The molecule has 1 saturated heterocycles. The number of benzene rings is 1. The fourth-order valence-corrected chi connectivity index (χ4v) is 3.12. The molecule has 5 nitrogen and oxygen atoms in total. The van der Waals surface area contributed by atoms with Crippen LogP contribution in [-0.2, 0) is 6.54 Å². The first kappa shape index (κ1) is 17.6. The van der Waals surface area contributed by atoms with Crippen LogP contribution < -0.4 is 15.8 Å². The van der Waals surface area contributed by atoms with Crippen molar-refractivity contribution in [3.63, 3.8) is 0 Å². The number of nitrogens with zero attached hydrogens (tertiary/aromatic N) is 2. The van der Waals surface area contributed by atoms with Crippen LogP contribution in [0.3, 0.4) is 0 Å². The summed E-state index contributed by atoms with van der Waals surface area (Å²) in [6.07, 6.45) is 2.52. The standard InChI is InChI=1S/C18H30N4O/c1-4-22-10-6-7-16(22)13-21-18(19)20-12-15-8-9-17(23-5-2)14(3)11-15/h8-9,11,16H,4-7,10,12-13H2,1-3H3,(H3,19,20,21). The number of nitrogens with two attached hydrogens (primary N) is 1. The van der Waals surface area contributed by atoms with E-state index in [1.807, 2.05) is 19.1 Å². The summed E-state index contributed by atoms with van der Waals surface area (Å²) < 4.78 is 5.56. The first-order valence-corrected chi connectivity index (χ1v) is 8.64. The molecule has 1 aliphatic rings. The molecule has 1 unspecified atom stereocenters. The first-order chi connectivity index (χ1) is 11.1. The van der Waals surface area contributed by atoms with Gasteiger partial charge in [-0.2, -0.15) is 0 Å². The van der Waals surface area contributed by atoms with Gasteiger partial charge in [-0.15, -0.1) is 0 Å². The van der Waals surface area contributed by atoms with Crippen LogP contribution >= 0.6 is 0 Å². The molecule has 1 fully saturated rings. The average molecular weight is 318 g/mol. The van der Waals surface area contributed by atoms with E-state index in [2.05, 4.69) is 35.1 Å². The number of likely N-dealkylation sites (N-methyl/N-ethyl adjacent to an activating group) is 1. The van der Waals surface area contributed by atoms with Gasteiger partial charge in [-0.3, -0.25) is 4.90 Å². The molecule has 0 radical (unpaired) electrons. The molecule has 23 heavy (non-hydrogen) atoms. The summed E-state index contributed by atoms with van der Waals surface area (Å²) in [5.41, 5.74) is 8.28. The number of ether oxygens (including phenoxy) is 1. The molecule has 0 spiro atoms. The Morgan fingerprint density at radius 3 is 2.96 bits per heavy atom. The number of likely N-dealkylation sites (tertiary alicyclic amines) is 1. The summed E-state index contributed by atoms with van der Waals surface area (Å²) >= 11 is 0. The number of nitrogens with one attached hydrogen (secondary N) is 1. The van der Waals surface area contributed by atoms with Crippen LogP contribution in [-0.4, -0.2) is 43.1 Å². The van der Waals surface area contributed by atoms with E-state index < -0.39 is 0 Å². The lowest BCUT2D eigenvalue weighted by Gasteiger charge is -2.23. The van der Waals surface area contributed by atoms with E-state index in [9.17, 15) is 0 Å². The van der Waals surface area contributed by atoms with E-state index in [0.29, 0.717) is 25.2 Å². The predicted molar refractivity (Wildman–Crippen MR) is 95.9 cm³/mol. The van der Waals surface area contributed by atoms with E-state index in [1.165, 1.54) is 19.4 Å². The van der Waals surface area contributed by atoms with Crippen molar-refractivity contribution in [1.29, 1.82) is 0 Å². The molecule has 1 aliphatic heterocycles. The first-order valence-electron chi connectivity index (χ1n) is 8.64. The normalized spacial score (nSPS) is 19.1. The largest absolute Gasteiger partial charge is 0.494 e. The highest BCUT2D eigenvalue weighted by Gasteiger charge is 2.22. The van der Waals surface area contributed by atoms with Crippen LogP contribution in [0.2, 0.25) is 0 Å². The van der Waals surface area contributed by atoms with Crippen LogP contribution in [0.4, 0.5) is 0 Å². The Bertz CT molecular complexity index is 530. The molecular weight excluding hydrogens is 288 g/mol. The van der Waals surface area contributed by atoms with Crippen LogP contribution in [0.15, 0.2) is 23.2 Å². The van der Waals surface area contributed by atoms with Crippen molar-refractivity contribution in [3.05, 3.63) is 29.3 Å². The summed E-state index contributed by atoms with van der Waals surface area (Å²) in [5.74, 6) is 1.46. The highest BCUT2D eigenvalue weighted by Crippen LogP contribution is 2.19. The zero-order valence-corrected chi connectivity index (χ0v) is 14.6. The maximum absolute atomic E-state index is 6.00. The smallest absolute Gasteiger partial charge is 0.188 e. The van der Waals surface area contributed by atoms with Crippen molar-refractivity contribution >= 4 is 5.96 Å². The summed E-state index contributed by atoms with van der Waals surface area (Å²) in [4.78, 5) is 6.94. The molecule has 1 aromatic carbocycles. The minimum absolute atomic E-state index is 0.527. The predicted octanol–water partition coefficient (Wildman–Crippen LogP) is 2.28. The number of hydrogen-bond acceptors (Lipinski definition) is 3. The van der Waals surface area contributed by atoms with Crippen molar-refractivity contribution in [1.82, 2.24) is 10.2 Å². The molecule has 0 amide bonds. The van der Waals surface area contributed by atoms with Gasteiger partial charge < -0.3 is 15.8 Å². The van der Waals surface area contributed by atoms with Gasteiger partial charge in [-0.25, -0.2) is 4.99 Å². The van der Waals surface area contributed by atoms with Gasteiger partial charge in [0.25, 0.3) is 0 Å². The van der Waals surface area contributed by atoms with Gasteiger partial charge >= 0.3 is 0 Å². The van der Waals surface area contributed by atoms with E-state index >= 15 is 0 Å². The van der Waals surface area contributed by atoms with E-state index in [4.69, 9.17) is 10.5 Å². The maximum atomic E-state index is 6.00. The molecule has 0 aromatic heterocycles. The summed E-state index contributed by atoms with van der Waals surface area (Å²) in [6, 6.07) is 6.74. The fraction of sp³-hybridized carbons (Fsp3) is 0.611. The third-order valence-electron chi connectivity index (χ3n) is 4.40. The zero-order chi connectivity index (χ0) is 16.7. The minimum atomic E-state index is 0.527. The molecule has 0 aliphatic carbocycles. The van der Waals surface area contributed by atoms with Crippen molar-refractivity contribution in [3.8, 4) is 5.75 Å². The third kappa shape index (κ3) is 5.13. The lowest BCUT2D eigenvalue weighted by Crippen LogP contribution is -2.42. The van der Waals surface area contributed by atoms with E-state index in [1.54, 1.807) is 0 Å². The number of hydrogen-bond donors (Lipinski definition) is 2. The van der Waals surface area contributed by atoms with Crippen LogP contribution in [0.5, 0.6) is 5.75 Å². The molecule has 0 saturated carbocycles. The highest BCUT2D eigenvalue weighted by atomic mass is 16.5. The molecule has 2 rings (SSSR count). The number of aryl methyl sites for hydroxylation is 1. The Morgan fingerprint density at radius 2 is 2.26 bits per heavy atom. The molecule has 0 bridgehead atoms. The fourth-order valence-electron chi connectivity index (χ4n) is 3.12. The molecular formula is C18H30N4O. The molecule has 128 valence electrons. The van der Waals surface area contributed by atoms with Gasteiger partial charge in [-0.05, 0) is 57.0 Å². The van der Waals surface area contributed by atoms with E-state index in [0.717, 1.165) is 30.0 Å². The zero-order valence-electron chi connectivity index (χ0n) is 14.6. The minimum Gasteiger partial charge on any atom is -0.494 e. The maximum Gasteiger partial charge on any atom is 0.188 e. The van der Waals surface area contributed by atoms with E-state index in [-0.39, 0.29) is 0 Å². The Kier molecular flexibility index (Phi) is 6.71. The lowest BCUT2D eigenvalue weighted by molar-refractivity contribution is 0.267. The Hall–Kier alpha value is -1.75. The van der Waals surface area contributed by atoms with Crippen LogP contribution in [0.1, 0.15) is 37.8 Å². The second kappa shape index (κ2) is 8.77. The Balaban J connectivity index is 1.83. The van der Waals surface area contributed by atoms with Crippen molar-refractivity contribution < 1.29 is 4.74 Å². The summed E-state index contributed by atoms with van der Waals surface area (Å²) in [7, 11) is 0. The number of aliphatic imine (C=N–C) groups is 1. The van der Waals surface area contributed by atoms with Gasteiger partial charge in [0, 0.05) is 12.6 Å². The van der Waals surface area contributed by atoms with Crippen LogP contribution in [0, 0.1) is 6.92 Å². The van der Waals surface area contributed by atoms with Crippen molar-refractivity contribution in [2.75, 3.05) is 26.2 Å². The number of rotatable bonds is 7. The Labute approximate surface area is 139 Å². The molecule has 1 atom stereocenters. The molecule has 1 heterocycles. The van der Waals surface area contributed by atoms with Crippen molar-refractivity contribution in [2.24, 2.45) is 10.7 Å².